The van der Waals surface area contributed by atoms with Crippen LogP contribution in [0, 0.1) is 13.8 Å². The Labute approximate surface area is 240 Å². The van der Waals surface area contributed by atoms with E-state index < -0.39 is 54.5 Å². The van der Waals surface area contributed by atoms with Crippen LogP contribution in [0.3, 0.4) is 0 Å². The highest BCUT2D eigenvalue weighted by Crippen LogP contribution is 2.40. The summed E-state index contributed by atoms with van der Waals surface area (Å²) in [4.78, 5) is 58.5. The zero-order valence-electron chi connectivity index (χ0n) is 24.1. The summed E-state index contributed by atoms with van der Waals surface area (Å²) >= 11 is 0. The number of fused-ring (bicyclic) bond motifs is 4. The van der Waals surface area contributed by atoms with Gasteiger partial charge in [-0.05, 0) is 43.2 Å². The second-order valence-corrected chi connectivity index (χ2v) is 10.3. The predicted molar refractivity (Wildman–Crippen MR) is 149 cm³/mol. The molecule has 1 fully saturated rings. The van der Waals surface area contributed by atoms with Crippen molar-refractivity contribution in [2.75, 3.05) is 6.61 Å². The molecule has 1 saturated heterocycles. The van der Waals surface area contributed by atoms with Gasteiger partial charge in [0, 0.05) is 33.1 Å². The van der Waals surface area contributed by atoms with E-state index in [1.54, 1.807) is 4.57 Å². The Morgan fingerprint density at radius 3 is 1.98 bits per heavy atom. The molecule has 3 heterocycles. The number of aromatic nitrogens is 3. The van der Waals surface area contributed by atoms with Gasteiger partial charge in [-0.2, -0.15) is 0 Å². The lowest BCUT2D eigenvalue weighted by Crippen LogP contribution is -2.60. The highest BCUT2D eigenvalue weighted by molar-refractivity contribution is 6.06. The minimum Gasteiger partial charge on any atom is -0.463 e. The third kappa shape index (κ3) is 5.49. The summed E-state index contributed by atoms with van der Waals surface area (Å²) in [5.41, 5.74) is 5.10. The molecule has 0 bridgehead atoms. The summed E-state index contributed by atoms with van der Waals surface area (Å²) in [6.07, 6.45) is -6.14. The van der Waals surface area contributed by atoms with E-state index in [0.717, 1.165) is 16.5 Å². The topological polar surface area (TPSA) is 145 Å². The number of hydrogen-bond acceptors (Lipinski definition) is 11. The van der Waals surface area contributed by atoms with Crippen LogP contribution in [0.1, 0.15) is 45.0 Å². The minimum atomic E-state index is -1.32. The molecule has 0 radical (unpaired) electrons. The number of benzene rings is 2. The first kappa shape index (κ1) is 28.9. The predicted octanol–water partition coefficient (Wildman–Crippen LogP) is 3.61. The largest absolute Gasteiger partial charge is 0.463 e. The molecule has 0 aliphatic carbocycles. The number of rotatable bonds is 6. The molecule has 1 aliphatic heterocycles. The normalized spacial score (nSPS) is 22.2. The highest BCUT2D eigenvalue weighted by atomic mass is 16.7. The Hall–Kier alpha value is -4.58. The smallest absolute Gasteiger partial charge is 0.303 e. The number of carbonyl (C=O) groups excluding carboxylic acids is 4. The fraction of sp³-hybridized carbons (Fsp3) is 0.400. The fourth-order valence-corrected chi connectivity index (χ4v) is 5.32. The Morgan fingerprint density at radius 2 is 1.36 bits per heavy atom. The van der Waals surface area contributed by atoms with Crippen molar-refractivity contribution < 1.29 is 42.9 Å². The van der Waals surface area contributed by atoms with E-state index in [9.17, 15) is 19.2 Å². The van der Waals surface area contributed by atoms with Crippen LogP contribution in [0.25, 0.3) is 33.1 Å². The van der Waals surface area contributed by atoms with Gasteiger partial charge < -0.3 is 23.7 Å². The van der Waals surface area contributed by atoms with Crippen LogP contribution in [-0.2, 0) is 42.9 Å². The van der Waals surface area contributed by atoms with Crippen LogP contribution in [0.5, 0.6) is 0 Å². The number of hydrogen-bond donors (Lipinski definition) is 0. The third-order valence-corrected chi connectivity index (χ3v) is 7.13. The van der Waals surface area contributed by atoms with E-state index >= 15 is 0 Å². The van der Waals surface area contributed by atoms with Crippen LogP contribution in [-0.4, -0.2) is 69.4 Å². The van der Waals surface area contributed by atoms with Crippen molar-refractivity contribution in [1.29, 1.82) is 0 Å². The number of aryl methyl sites for hydroxylation is 2. The molecule has 220 valence electrons. The van der Waals surface area contributed by atoms with Crippen LogP contribution < -0.4 is 0 Å². The van der Waals surface area contributed by atoms with E-state index in [4.69, 9.17) is 33.7 Å². The van der Waals surface area contributed by atoms with Gasteiger partial charge in [0.2, 0.25) is 0 Å². The average Bonchev–Trinajstić information content (AvgIpc) is 3.21. The molecule has 4 aromatic rings. The molecule has 2 aromatic heterocycles. The number of nitrogens with zero attached hydrogens (tertiary/aromatic N) is 3. The van der Waals surface area contributed by atoms with Crippen molar-refractivity contribution in [3.63, 3.8) is 0 Å². The van der Waals surface area contributed by atoms with Crippen molar-refractivity contribution in [2.24, 2.45) is 0 Å². The lowest BCUT2D eigenvalue weighted by molar-refractivity contribution is -0.267. The van der Waals surface area contributed by atoms with Gasteiger partial charge in [-0.15, -0.1) is 0 Å². The summed E-state index contributed by atoms with van der Waals surface area (Å²) in [6.45, 7) is 8.44. The molecular weight excluding hydrogens is 546 g/mol. The standard InChI is InChI=1S/C30H31N3O9/c1-14-11-21-22(12-15(14)2)32-29-25(31-21)20-9-7-8-10-23(20)33(29)30-28(41-19(6)37)27(40-18(5)36)26(39-17(4)35)24(42-30)13-38-16(3)34/h7-12,24,26-28,30H,13H2,1-6H3/t24-,26-,27+,28+,30-/m1/s1. The maximum Gasteiger partial charge on any atom is 0.303 e. The molecule has 42 heavy (non-hydrogen) atoms. The van der Waals surface area contributed by atoms with Gasteiger partial charge in [0.05, 0.1) is 16.6 Å². The van der Waals surface area contributed by atoms with E-state index in [1.807, 2.05) is 50.2 Å². The second kappa shape index (κ2) is 11.4. The van der Waals surface area contributed by atoms with Crippen molar-refractivity contribution in [2.45, 2.75) is 72.2 Å². The first-order chi connectivity index (χ1) is 19.9. The van der Waals surface area contributed by atoms with Gasteiger partial charge in [-0.25, -0.2) is 9.97 Å². The third-order valence-electron chi connectivity index (χ3n) is 7.13. The summed E-state index contributed by atoms with van der Waals surface area (Å²) in [5.74, 6) is -2.69. The first-order valence-corrected chi connectivity index (χ1v) is 13.4. The van der Waals surface area contributed by atoms with Crippen molar-refractivity contribution >= 4 is 57.0 Å². The monoisotopic (exact) mass is 577 g/mol. The van der Waals surface area contributed by atoms with E-state index in [1.165, 1.54) is 27.7 Å². The van der Waals surface area contributed by atoms with Crippen LogP contribution >= 0.6 is 0 Å². The van der Waals surface area contributed by atoms with Gasteiger partial charge in [0.1, 0.15) is 18.2 Å². The van der Waals surface area contributed by atoms with Crippen LogP contribution in [0.2, 0.25) is 0 Å². The lowest BCUT2D eigenvalue weighted by Gasteiger charge is -2.44. The van der Waals surface area contributed by atoms with Gasteiger partial charge in [-0.3, -0.25) is 23.7 Å². The first-order valence-electron chi connectivity index (χ1n) is 13.4. The van der Waals surface area contributed by atoms with Gasteiger partial charge >= 0.3 is 23.9 Å². The van der Waals surface area contributed by atoms with Crippen molar-refractivity contribution in [1.82, 2.24) is 14.5 Å². The van der Waals surface area contributed by atoms with Crippen LogP contribution in [0.4, 0.5) is 0 Å². The zero-order chi connectivity index (χ0) is 30.3. The lowest BCUT2D eigenvalue weighted by atomic mass is 9.97. The van der Waals surface area contributed by atoms with Crippen LogP contribution in [0.15, 0.2) is 36.4 Å². The Bertz CT molecular complexity index is 1730. The average molecular weight is 578 g/mol. The molecule has 12 heteroatoms. The number of ether oxygens (including phenoxy) is 5. The van der Waals surface area contributed by atoms with E-state index in [-0.39, 0.29) is 6.61 Å². The van der Waals surface area contributed by atoms with E-state index in [0.29, 0.717) is 27.7 Å². The number of para-hydroxylation sites is 1. The molecular formula is C30H31N3O9. The molecule has 0 amide bonds. The molecule has 5 rings (SSSR count). The Kier molecular flexibility index (Phi) is 7.83. The second-order valence-electron chi connectivity index (χ2n) is 10.3. The maximum absolute atomic E-state index is 12.4. The van der Waals surface area contributed by atoms with Gasteiger partial charge in [0.25, 0.3) is 0 Å². The maximum atomic E-state index is 12.4. The molecule has 5 atom stereocenters. The summed E-state index contributed by atoms with van der Waals surface area (Å²) in [5, 5.41) is 0.757. The highest BCUT2D eigenvalue weighted by Gasteiger charge is 2.53. The van der Waals surface area contributed by atoms with Crippen molar-refractivity contribution in [3.8, 4) is 0 Å². The molecule has 0 spiro atoms. The SMILES string of the molecule is CC(=O)OC[C@H]1O[C@@H](n2c3ccccc3c3nc4cc(C)c(C)cc4nc32)[C@@H](OC(C)=O)[C@@H](OC(C)=O)[C@@H]1OC(C)=O. The molecule has 2 aromatic carbocycles. The summed E-state index contributed by atoms with van der Waals surface area (Å²) in [7, 11) is 0. The van der Waals surface area contributed by atoms with Crippen molar-refractivity contribution in [3.05, 3.63) is 47.5 Å². The molecule has 12 nitrogen and oxygen atoms in total. The fourth-order valence-electron chi connectivity index (χ4n) is 5.32. The zero-order valence-corrected chi connectivity index (χ0v) is 24.1. The van der Waals surface area contributed by atoms with Gasteiger partial charge in [0.15, 0.2) is 30.2 Å². The Balaban J connectivity index is 1.78. The molecule has 0 N–H and O–H groups in total. The number of esters is 4. The van der Waals surface area contributed by atoms with Gasteiger partial charge in [-0.1, -0.05) is 18.2 Å². The summed E-state index contributed by atoms with van der Waals surface area (Å²) < 4.78 is 30.3. The molecule has 0 saturated carbocycles. The quantitative estimate of drug-likeness (QED) is 0.245. The Morgan fingerprint density at radius 1 is 0.786 bits per heavy atom. The molecule has 0 unspecified atom stereocenters. The summed E-state index contributed by atoms with van der Waals surface area (Å²) in [6, 6.07) is 11.3. The van der Waals surface area contributed by atoms with E-state index in [2.05, 4.69) is 0 Å². The minimum absolute atomic E-state index is 0.335. The molecule has 1 aliphatic rings. The number of carbonyl (C=O) groups is 4.